The molecule has 1 aromatic heterocycles. The molecule has 0 bridgehead atoms. The van der Waals surface area contributed by atoms with Gasteiger partial charge in [0.05, 0.1) is 0 Å². The number of hydrogen-bond acceptors (Lipinski definition) is 3. The molecule has 2 aliphatic rings. The van der Waals surface area contributed by atoms with Crippen LogP contribution in [0.3, 0.4) is 0 Å². The fourth-order valence-electron chi connectivity index (χ4n) is 3.87. The summed E-state index contributed by atoms with van der Waals surface area (Å²) >= 11 is 0. The van der Waals surface area contributed by atoms with E-state index in [4.69, 9.17) is 0 Å². The van der Waals surface area contributed by atoms with Gasteiger partial charge in [0.2, 0.25) is 5.91 Å². The molecule has 0 saturated carbocycles. The number of aromatic nitrogens is 1. The fraction of sp³-hybridized carbons (Fsp3) is 0.722. The number of amides is 1. The molecule has 128 valence electrons. The average Bonchev–Trinajstić information content (AvgIpc) is 2.99. The van der Waals surface area contributed by atoms with Crippen LogP contribution in [-0.4, -0.2) is 71.5 Å². The van der Waals surface area contributed by atoms with Gasteiger partial charge in [0.1, 0.15) is 0 Å². The lowest BCUT2D eigenvalue weighted by atomic mass is 9.99. The van der Waals surface area contributed by atoms with Gasteiger partial charge in [-0.1, -0.05) is 6.42 Å². The molecule has 1 atom stereocenters. The molecule has 0 aromatic carbocycles. The maximum Gasteiger partial charge on any atom is 0.223 e. The molecule has 5 nitrogen and oxygen atoms in total. The molecule has 0 spiro atoms. The highest BCUT2D eigenvalue weighted by atomic mass is 16.2. The minimum Gasteiger partial charge on any atom is -0.353 e. The zero-order chi connectivity index (χ0) is 16.2. The first-order valence-electron chi connectivity index (χ1n) is 8.97. The number of aryl methyl sites for hydroxylation is 1. The van der Waals surface area contributed by atoms with Crippen molar-refractivity contribution in [1.82, 2.24) is 19.3 Å². The number of rotatable bonds is 4. The minimum atomic E-state index is 0.328. The first kappa shape index (κ1) is 16.5. The van der Waals surface area contributed by atoms with Crippen LogP contribution >= 0.6 is 0 Å². The molecule has 2 saturated heterocycles. The Morgan fingerprint density at radius 2 is 1.91 bits per heavy atom. The third-order valence-electron chi connectivity index (χ3n) is 5.41. The van der Waals surface area contributed by atoms with Crippen molar-refractivity contribution < 1.29 is 4.79 Å². The van der Waals surface area contributed by atoms with E-state index in [0.29, 0.717) is 18.4 Å². The summed E-state index contributed by atoms with van der Waals surface area (Å²) in [6, 6.07) is 4.83. The average molecular weight is 318 g/mol. The van der Waals surface area contributed by atoms with Crippen LogP contribution in [0.2, 0.25) is 0 Å². The van der Waals surface area contributed by atoms with Crippen molar-refractivity contribution in [2.24, 2.45) is 7.05 Å². The van der Waals surface area contributed by atoms with E-state index in [9.17, 15) is 4.79 Å². The summed E-state index contributed by atoms with van der Waals surface area (Å²) in [5, 5.41) is 0. The number of carbonyl (C=O) groups excluding carboxylic acids is 1. The van der Waals surface area contributed by atoms with Crippen LogP contribution in [0.5, 0.6) is 0 Å². The molecule has 23 heavy (non-hydrogen) atoms. The minimum absolute atomic E-state index is 0.328. The number of nitrogens with zero attached hydrogens (tertiary/aromatic N) is 4. The van der Waals surface area contributed by atoms with Crippen LogP contribution in [0.15, 0.2) is 18.3 Å². The highest BCUT2D eigenvalue weighted by molar-refractivity contribution is 5.76. The van der Waals surface area contributed by atoms with Crippen molar-refractivity contribution in [1.29, 1.82) is 0 Å². The van der Waals surface area contributed by atoms with Crippen LogP contribution in [-0.2, 0) is 11.8 Å². The molecular formula is C18H30N4O. The molecule has 1 amide bonds. The summed E-state index contributed by atoms with van der Waals surface area (Å²) < 4.78 is 2.23. The summed E-state index contributed by atoms with van der Waals surface area (Å²) in [6.07, 6.45) is 6.53. The predicted octanol–water partition coefficient (Wildman–Crippen LogP) is 1.72. The SMILES string of the molecule is CN1CCN(C(=O)CCN2CCCCC2c2cccn2C)CC1. The zero-order valence-electron chi connectivity index (χ0n) is 14.6. The van der Waals surface area contributed by atoms with Crippen LogP contribution in [0.1, 0.15) is 37.4 Å². The van der Waals surface area contributed by atoms with Crippen LogP contribution < -0.4 is 0 Å². The Kier molecular flexibility index (Phi) is 5.38. The molecule has 5 heteroatoms. The lowest BCUT2D eigenvalue weighted by Crippen LogP contribution is -2.48. The summed E-state index contributed by atoms with van der Waals surface area (Å²) in [6.45, 7) is 5.78. The third-order valence-corrected chi connectivity index (χ3v) is 5.41. The Labute approximate surface area is 139 Å². The van der Waals surface area contributed by atoms with Gasteiger partial charge >= 0.3 is 0 Å². The first-order chi connectivity index (χ1) is 11.1. The van der Waals surface area contributed by atoms with E-state index >= 15 is 0 Å². The predicted molar refractivity (Wildman–Crippen MR) is 92.3 cm³/mol. The van der Waals surface area contributed by atoms with Crippen molar-refractivity contribution in [2.45, 2.75) is 31.7 Å². The van der Waals surface area contributed by atoms with Gasteiger partial charge in [-0.2, -0.15) is 0 Å². The largest absolute Gasteiger partial charge is 0.353 e. The highest BCUT2D eigenvalue weighted by Crippen LogP contribution is 2.30. The van der Waals surface area contributed by atoms with Gasteiger partial charge < -0.3 is 14.4 Å². The summed E-state index contributed by atoms with van der Waals surface area (Å²) in [4.78, 5) is 19.3. The van der Waals surface area contributed by atoms with Crippen LogP contribution in [0.4, 0.5) is 0 Å². The number of likely N-dealkylation sites (tertiary alicyclic amines) is 1. The molecule has 0 N–H and O–H groups in total. The Bertz CT molecular complexity index is 519. The quantitative estimate of drug-likeness (QED) is 0.847. The molecule has 3 rings (SSSR count). The van der Waals surface area contributed by atoms with Crippen molar-refractivity contribution in [3.05, 3.63) is 24.0 Å². The van der Waals surface area contributed by atoms with Crippen molar-refractivity contribution >= 4 is 5.91 Å². The lowest BCUT2D eigenvalue weighted by molar-refractivity contribution is -0.133. The van der Waals surface area contributed by atoms with Crippen molar-refractivity contribution in [3.8, 4) is 0 Å². The van der Waals surface area contributed by atoms with Gasteiger partial charge in [-0.05, 0) is 38.6 Å². The molecular weight excluding hydrogens is 288 g/mol. The van der Waals surface area contributed by atoms with E-state index in [2.05, 4.69) is 46.8 Å². The first-order valence-corrected chi connectivity index (χ1v) is 8.97. The number of piperazine rings is 1. The second kappa shape index (κ2) is 7.49. The number of carbonyl (C=O) groups is 1. The van der Waals surface area contributed by atoms with Gasteiger partial charge in [0.15, 0.2) is 0 Å². The van der Waals surface area contributed by atoms with E-state index in [1.54, 1.807) is 0 Å². The summed E-state index contributed by atoms with van der Waals surface area (Å²) in [7, 11) is 4.25. The number of likely N-dealkylation sites (N-methyl/N-ethyl adjacent to an activating group) is 1. The maximum absolute atomic E-state index is 12.5. The molecule has 3 heterocycles. The molecule has 2 aliphatic heterocycles. The fourth-order valence-corrected chi connectivity index (χ4v) is 3.87. The van der Waals surface area contributed by atoms with E-state index in [-0.39, 0.29) is 0 Å². The lowest BCUT2D eigenvalue weighted by Gasteiger charge is -2.37. The molecule has 0 radical (unpaired) electrons. The Morgan fingerprint density at radius 1 is 1.13 bits per heavy atom. The molecule has 2 fully saturated rings. The van der Waals surface area contributed by atoms with Gasteiger partial charge in [0.25, 0.3) is 0 Å². The molecule has 0 aliphatic carbocycles. The second-order valence-corrected chi connectivity index (χ2v) is 7.03. The van der Waals surface area contributed by atoms with Crippen LogP contribution in [0.25, 0.3) is 0 Å². The Hall–Kier alpha value is -1.33. The third kappa shape index (κ3) is 3.96. The van der Waals surface area contributed by atoms with Gasteiger partial charge in [-0.3, -0.25) is 9.69 Å². The zero-order valence-corrected chi connectivity index (χ0v) is 14.6. The van der Waals surface area contributed by atoms with Gasteiger partial charge in [-0.25, -0.2) is 0 Å². The highest BCUT2D eigenvalue weighted by Gasteiger charge is 2.27. The summed E-state index contributed by atoms with van der Waals surface area (Å²) in [5.41, 5.74) is 1.39. The standard InChI is InChI=1S/C18H30N4O/c1-19-12-14-22(15-13-19)18(23)8-11-21-10-4-3-6-17(21)16-7-5-9-20(16)2/h5,7,9,17H,3-4,6,8,10-15H2,1-2H3. The monoisotopic (exact) mass is 318 g/mol. The summed E-state index contributed by atoms with van der Waals surface area (Å²) in [5.74, 6) is 0.328. The Morgan fingerprint density at radius 3 is 2.61 bits per heavy atom. The van der Waals surface area contributed by atoms with Crippen molar-refractivity contribution in [2.75, 3.05) is 46.3 Å². The Balaban J connectivity index is 1.55. The maximum atomic E-state index is 12.5. The van der Waals surface area contributed by atoms with E-state index in [0.717, 1.165) is 39.3 Å². The van der Waals surface area contributed by atoms with E-state index in [1.165, 1.54) is 25.0 Å². The number of hydrogen-bond donors (Lipinski definition) is 0. The normalized spacial score (nSPS) is 24.1. The van der Waals surface area contributed by atoms with Crippen molar-refractivity contribution in [3.63, 3.8) is 0 Å². The molecule has 1 unspecified atom stereocenters. The number of piperidine rings is 1. The van der Waals surface area contributed by atoms with Crippen LogP contribution in [0, 0.1) is 0 Å². The molecule has 1 aromatic rings. The second-order valence-electron chi connectivity index (χ2n) is 7.03. The van der Waals surface area contributed by atoms with Gasteiger partial charge in [0, 0.05) is 64.1 Å². The van der Waals surface area contributed by atoms with Gasteiger partial charge in [-0.15, -0.1) is 0 Å². The smallest absolute Gasteiger partial charge is 0.223 e. The van der Waals surface area contributed by atoms with E-state index in [1.807, 2.05) is 4.90 Å². The topological polar surface area (TPSA) is 31.7 Å². The van der Waals surface area contributed by atoms with E-state index < -0.39 is 0 Å².